The molecule has 166 valence electrons. The zero-order valence-corrected chi connectivity index (χ0v) is 16.3. The first kappa shape index (κ1) is 22.2. The van der Waals surface area contributed by atoms with Crippen molar-refractivity contribution in [2.75, 3.05) is 5.32 Å². The Kier molecular flexibility index (Phi) is 7.10. The van der Waals surface area contributed by atoms with Gasteiger partial charge in [-0.3, -0.25) is 5.32 Å². The van der Waals surface area contributed by atoms with E-state index in [0.717, 1.165) is 24.8 Å². The Bertz CT molecular complexity index is 772. The third kappa shape index (κ3) is 4.99. The number of hydrogen-bond acceptors (Lipinski definition) is 9. The van der Waals surface area contributed by atoms with Crippen LogP contribution < -0.4 is 10.1 Å². The monoisotopic (exact) mass is 427 g/mol. The van der Waals surface area contributed by atoms with Gasteiger partial charge < -0.3 is 39.4 Å². The molecule has 3 rings (SSSR count). The lowest BCUT2D eigenvalue weighted by atomic mass is 9.99. The van der Waals surface area contributed by atoms with E-state index < -0.39 is 42.8 Å². The third-order valence-electron chi connectivity index (χ3n) is 4.83. The van der Waals surface area contributed by atoms with Crippen LogP contribution in [0.5, 0.6) is 5.75 Å². The summed E-state index contributed by atoms with van der Waals surface area (Å²) < 4.78 is 21.2. The second kappa shape index (κ2) is 9.58. The van der Waals surface area contributed by atoms with Crippen molar-refractivity contribution in [3.05, 3.63) is 23.8 Å². The van der Waals surface area contributed by atoms with Crippen molar-refractivity contribution in [3.63, 3.8) is 0 Å². The fourth-order valence-electron chi connectivity index (χ4n) is 3.13. The van der Waals surface area contributed by atoms with Gasteiger partial charge in [0.05, 0.1) is 6.61 Å². The van der Waals surface area contributed by atoms with Gasteiger partial charge in [-0.2, -0.15) is 0 Å². The van der Waals surface area contributed by atoms with E-state index in [0.29, 0.717) is 18.0 Å². The van der Waals surface area contributed by atoms with Crippen LogP contribution in [0.4, 0.5) is 10.5 Å². The largest absolute Gasteiger partial charge is 0.479 e. The number of carboxylic acid groups (broad SMARTS) is 1. The van der Waals surface area contributed by atoms with Crippen molar-refractivity contribution in [2.24, 2.45) is 0 Å². The average molecular weight is 427 g/mol. The Morgan fingerprint density at radius 2 is 1.97 bits per heavy atom. The van der Waals surface area contributed by atoms with Crippen LogP contribution in [0.15, 0.2) is 18.2 Å². The highest BCUT2D eigenvalue weighted by Gasteiger charge is 2.48. The van der Waals surface area contributed by atoms with E-state index in [-0.39, 0.29) is 6.29 Å². The lowest BCUT2D eigenvalue weighted by molar-refractivity contribution is -0.277. The maximum Gasteiger partial charge on any atom is 0.414 e. The number of hydrogen-bond donors (Lipinski definition) is 5. The molecule has 0 saturated carbocycles. The highest BCUT2D eigenvalue weighted by atomic mass is 16.7. The second-order valence-corrected chi connectivity index (χ2v) is 7.09. The predicted octanol–water partition coefficient (Wildman–Crippen LogP) is 0.553. The molecule has 0 radical (unpaired) electrons. The van der Waals surface area contributed by atoms with Crippen molar-refractivity contribution in [3.8, 4) is 5.75 Å². The molecule has 0 aliphatic carbocycles. The molecule has 5 N–H and O–H groups in total. The number of aliphatic hydroxyl groups is 3. The van der Waals surface area contributed by atoms with Gasteiger partial charge in [-0.15, -0.1) is 0 Å². The molecule has 2 heterocycles. The lowest BCUT2D eigenvalue weighted by Crippen LogP contribution is -2.60. The molecule has 0 aromatic heterocycles. The third-order valence-corrected chi connectivity index (χ3v) is 4.83. The molecular formula is C19H25NO10. The zero-order valence-electron chi connectivity index (χ0n) is 16.3. The van der Waals surface area contributed by atoms with Crippen molar-refractivity contribution < 1.29 is 49.0 Å². The molecule has 1 aromatic rings. The summed E-state index contributed by atoms with van der Waals surface area (Å²) in [7, 11) is 0. The van der Waals surface area contributed by atoms with Crippen molar-refractivity contribution in [1.82, 2.24) is 0 Å². The summed E-state index contributed by atoms with van der Waals surface area (Å²) in [5.74, 6) is -1.02. The van der Waals surface area contributed by atoms with E-state index in [1.807, 2.05) is 0 Å². The first-order chi connectivity index (χ1) is 14.3. The summed E-state index contributed by atoms with van der Waals surface area (Å²) in [6, 6.07) is 4.90. The first-order valence-electron chi connectivity index (χ1n) is 9.61. The fourth-order valence-corrected chi connectivity index (χ4v) is 3.13. The number of nitrogens with one attached hydrogen (secondary N) is 1. The lowest BCUT2D eigenvalue weighted by Gasteiger charge is -2.37. The van der Waals surface area contributed by atoms with Crippen molar-refractivity contribution in [1.29, 1.82) is 0 Å². The summed E-state index contributed by atoms with van der Waals surface area (Å²) in [6.45, 7) is 2.45. The highest BCUT2D eigenvalue weighted by molar-refractivity contribution is 5.85. The predicted molar refractivity (Wildman–Crippen MR) is 99.6 cm³/mol. The van der Waals surface area contributed by atoms with Crippen LogP contribution in [-0.2, 0) is 25.6 Å². The van der Waals surface area contributed by atoms with Crippen molar-refractivity contribution in [2.45, 2.75) is 69.8 Å². The number of ether oxygens (including phenoxy) is 4. The molecule has 1 amide bonds. The molecule has 1 aromatic carbocycles. The fraction of sp³-hybridized carbons (Fsp3) is 0.579. The standard InChI is InChI=1S/C19H25NO10/c1-2-3-4-12-27-8-9-5-6-10(7-11(9)28-12)20-19(26)30-18-15(23)13(21)14(22)16(29-18)17(24)25/h5-7,12-16,18,21-23H,2-4,8H2,1H3,(H,20,26)(H,24,25). The van der Waals surface area contributed by atoms with Crippen molar-refractivity contribution >= 4 is 17.7 Å². The summed E-state index contributed by atoms with van der Waals surface area (Å²) in [5, 5.41) is 40.8. The summed E-state index contributed by atoms with van der Waals surface area (Å²) >= 11 is 0. The van der Waals surface area contributed by atoms with Crippen LogP contribution >= 0.6 is 0 Å². The van der Waals surface area contributed by atoms with Gasteiger partial charge in [-0.25, -0.2) is 9.59 Å². The molecule has 0 spiro atoms. The summed E-state index contributed by atoms with van der Waals surface area (Å²) in [4.78, 5) is 23.3. The molecule has 1 saturated heterocycles. The smallest absolute Gasteiger partial charge is 0.414 e. The van der Waals surface area contributed by atoms with Gasteiger partial charge in [0.15, 0.2) is 12.4 Å². The van der Waals surface area contributed by atoms with Crippen LogP contribution in [0.25, 0.3) is 0 Å². The molecule has 11 heteroatoms. The number of carbonyl (C=O) groups is 2. The first-order valence-corrected chi connectivity index (χ1v) is 9.61. The van der Waals surface area contributed by atoms with E-state index in [4.69, 9.17) is 24.1 Å². The van der Waals surface area contributed by atoms with E-state index >= 15 is 0 Å². The number of carboxylic acids is 1. The van der Waals surface area contributed by atoms with E-state index in [9.17, 15) is 24.9 Å². The SMILES string of the molecule is CCCCC1OCc2ccc(NC(=O)OC3OC(C(=O)O)C(O)C(O)C3O)cc2O1. The number of rotatable bonds is 6. The molecular weight excluding hydrogens is 402 g/mol. The average Bonchev–Trinajstić information content (AvgIpc) is 2.72. The zero-order chi connectivity index (χ0) is 21.8. The maximum atomic E-state index is 12.2. The number of carbonyl (C=O) groups excluding carboxylic acids is 1. The Labute approximate surface area is 172 Å². The van der Waals surface area contributed by atoms with Crippen LogP contribution in [0, 0.1) is 0 Å². The van der Waals surface area contributed by atoms with E-state index in [2.05, 4.69) is 12.2 Å². The van der Waals surface area contributed by atoms with Crippen LogP contribution in [0.1, 0.15) is 31.7 Å². The molecule has 2 aliphatic heterocycles. The Morgan fingerprint density at radius 3 is 2.67 bits per heavy atom. The van der Waals surface area contributed by atoms with Crippen LogP contribution in [-0.4, -0.2) is 69.5 Å². The molecule has 0 bridgehead atoms. The number of aliphatic carboxylic acids is 1. The number of amides is 1. The van der Waals surface area contributed by atoms with Gasteiger partial charge in [-0.1, -0.05) is 19.4 Å². The maximum absolute atomic E-state index is 12.2. The quantitative estimate of drug-likeness (QED) is 0.433. The van der Waals surface area contributed by atoms with Gasteiger partial charge in [0.2, 0.25) is 6.29 Å². The molecule has 2 aliphatic rings. The van der Waals surface area contributed by atoms with Crippen LogP contribution in [0.2, 0.25) is 0 Å². The van der Waals surface area contributed by atoms with Gasteiger partial charge >= 0.3 is 12.1 Å². The minimum atomic E-state index is -1.87. The van der Waals surface area contributed by atoms with E-state index in [1.54, 1.807) is 18.2 Å². The summed E-state index contributed by atoms with van der Waals surface area (Å²) in [5.41, 5.74) is 1.14. The topological polar surface area (TPSA) is 164 Å². The minimum absolute atomic E-state index is 0.329. The molecule has 1 fully saturated rings. The van der Waals surface area contributed by atoms with Crippen LogP contribution in [0.3, 0.4) is 0 Å². The normalized spacial score (nSPS) is 30.7. The highest BCUT2D eigenvalue weighted by Crippen LogP contribution is 2.31. The Morgan fingerprint density at radius 1 is 1.20 bits per heavy atom. The van der Waals surface area contributed by atoms with Gasteiger partial charge in [-0.05, 0) is 12.5 Å². The number of unbranched alkanes of at least 4 members (excludes halogenated alkanes) is 1. The summed E-state index contributed by atoms with van der Waals surface area (Å²) in [6.07, 6.45) is -7.94. The Hall–Kier alpha value is -2.44. The molecule has 11 nitrogen and oxygen atoms in total. The molecule has 30 heavy (non-hydrogen) atoms. The second-order valence-electron chi connectivity index (χ2n) is 7.09. The minimum Gasteiger partial charge on any atom is -0.479 e. The van der Waals surface area contributed by atoms with Gasteiger partial charge in [0.25, 0.3) is 0 Å². The number of aliphatic hydroxyl groups excluding tert-OH is 3. The molecule has 6 atom stereocenters. The van der Waals surface area contributed by atoms with Gasteiger partial charge in [0, 0.05) is 23.7 Å². The van der Waals surface area contributed by atoms with E-state index in [1.165, 1.54) is 0 Å². The number of fused-ring (bicyclic) bond motifs is 1. The Balaban J connectivity index is 1.62. The van der Waals surface area contributed by atoms with Gasteiger partial charge in [0.1, 0.15) is 24.1 Å². The number of anilines is 1. The number of benzene rings is 1. The molecule has 6 unspecified atom stereocenters.